The van der Waals surface area contributed by atoms with E-state index in [-0.39, 0.29) is 6.10 Å². The molecule has 1 N–H and O–H groups in total. The van der Waals surface area contributed by atoms with Crippen molar-refractivity contribution >= 4 is 40.2 Å². The normalized spacial score (nSPS) is 12.3. The molecule has 5 nitrogen and oxygen atoms in total. The minimum Gasteiger partial charge on any atom is -0.460 e. The smallest absolute Gasteiger partial charge is 0.408 e. The lowest BCUT2D eigenvalue weighted by molar-refractivity contribution is -0.139. The van der Waals surface area contributed by atoms with Gasteiger partial charge in [-0.1, -0.05) is 121 Å². The summed E-state index contributed by atoms with van der Waals surface area (Å²) in [5, 5.41) is 6.47. The van der Waals surface area contributed by atoms with Crippen molar-refractivity contribution in [3.63, 3.8) is 0 Å². The van der Waals surface area contributed by atoms with Gasteiger partial charge in [-0.2, -0.15) is 0 Å². The van der Waals surface area contributed by atoms with Gasteiger partial charge in [0.05, 0.1) is 17.4 Å². The summed E-state index contributed by atoms with van der Waals surface area (Å²) in [5.74, 6) is -0.463. The predicted molar refractivity (Wildman–Crippen MR) is 170 cm³/mol. The zero-order chi connectivity index (χ0) is 29.5. The number of carbonyl (C=O) groups is 2. The van der Waals surface area contributed by atoms with Crippen LogP contribution in [0.5, 0.6) is 0 Å². The fraction of sp³-hybridized carbons (Fsp3) is 0.229. The molecular weight excluding hydrogens is 529 g/mol. The van der Waals surface area contributed by atoms with Gasteiger partial charge in [0.15, 0.2) is 0 Å². The number of amides is 1. The molecule has 0 fully saturated rings. The van der Waals surface area contributed by atoms with Crippen molar-refractivity contribution in [2.24, 2.45) is 0 Å². The van der Waals surface area contributed by atoms with Crippen LogP contribution in [0, 0.1) is 0 Å². The maximum atomic E-state index is 14.6. The zero-order valence-corrected chi connectivity index (χ0v) is 25.2. The number of carbonyl (C=O) groups excluding carboxylic acids is 2. The van der Waals surface area contributed by atoms with Gasteiger partial charge in [0.25, 0.3) is 0 Å². The third-order valence-corrected chi connectivity index (χ3v) is 10.8. The highest BCUT2D eigenvalue weighted by Crippen LogP contribution is 2.49. The molecule has 0 unspecified atom stereocenters. The molecule has 212 valence electrons. The van der Waals surface area contributed by atoms with Crippen LogP contribution in [0.25, 0.3) is 0 Å². The van der Waals surface area contributed by atoms with Gasteiger partial charge in [0, 0.05) is 0 Å². The summed E-state index contributed by atoms with van der Waals surface area (Å²) >= 11 is 0. The molecule has 0 aliphatic rings. The maximum absolute atomic E-state index is 14.6. The first kappa shape index (κ1) is 29.9. The summed E-state index contributed by atoms with van der Waals surface area (Å²) in [5.41, 5.74) is 0.0234. The first-order valence-electron chi connectivity index (χ1n) is 13.8. The molecule has 41 heavy (non-hydrogen) atoms. The fourth-order valence-corrected chi connectivity index (χ4v) is 9.44. The Labute approximate surface area is 243 Å². The van der Waals surface area contributed by atoms with Gasteiger partial charge in [0.2, 0.25) is 0 Å². The quantitative estimate of drug-likeness (QED) is 0.199. The molecule has 0 aliphatic carbocycles. The van der Waals surface area contributed by atoms with E-state index in [2.05, 4.69) is 41.7 Å². The van der Waals surface area contributed by atoms with Crippen molar-refractivity contribution in [3.05, 3.63) is 127 Å². The molecule has 0 bridgehead atoms. The van der Waals surface area contributed by atoms with Crippen LogP contribution in [0.1, 0.15) is 46.2 Å². The number of ether oxygens (including phenoxy) is 2. The first-order valence-corrected chi connectivity index (χ1v) is 15.6. The summed E-state index contributed by atoms with van der Waals surface area (Å²) < 4.78 is 11.8. The Balaban J connectivity index is 2.23. The highest BCUT2D eigenvalue weighted by atomic mass is 31.2. The van der Waals surface area contributed by atoms with Gasteiger partial charge >= 0.3 is 12.1 Å². The standard InChI is InChI=1S/C35H38NO4P/c1-26(2)39-33(37)32(31(27-18-10-6-11-19-27)36-34(38)40-35(3,4)5)41(28-20-12-7-13-21-28,29-22-14-8-15-23-29)30-24-16-9-17-25-30/h6-26,31H,1-5H3,(H,36,38)/t31-/m1/s1. The SMILES string of the molecule is CC(C)OC(=O)C([C@H](NC(=O)OC(C)(C)C)c1ccccc1)=P(c1ccccc1)(c1ccccc1)c1ccccc1. The molecular formula is C35H38NO4P. The molecule has 0 aliphatic heterocycles. The second-order valence-electron chi connectivity index (χ2n) is 11.0. The summed E-state index contributed by atoms with van der Waals surface area (Å²) in [4.78, 5) is 28.0. The van der Waals surface area contributed by atoms with Crippen LogP contribution in [0.4, 0.5) is 4.79 Å². The van der Waals surface area contributed by atoms with Crippen molar-refractivity contribution in [1.29, 1.82) is 0 Å². The third kappa shape index (κ3) is 6.99. The molecule has 0 heterocycles. The number of esters is 1. The minimum atomic E-state index is -2.93. The van der Waals surface area contributed by atoms with Crippen LogP contribution in [0.3, 0.4) is 0 Å². The topological polar surface area (TPSA) is 64.6 Å². The fourth-order valence-electron chi connectivity index (χ4n) is 4.92. The molecule has 1 atom stereocenters. The van der Waals surface area contributed by atoms with Crippen molar-refractivity contribution in [2.45, 2.75) is 52.4 Å². The largest absolute Gasteiger partial charge is 0.460 e. The highest BCUT2D eigenvalue weighted by molar-refractivity contribution is 7.96. The molecule has 0 saturated carbocycles. The second-order valence-corrected chi connectivity index (χ2v) is 14.4. The zero-order valence-electron chi connectivity index (χ0n) is 24.3. The summed E-state index contributed by atoms with van der Waals surface area (Å²) in [6.07, 6.45) is -0.992. The van der Waals surface area contributed by atoms with Gasteiger partial charge in [-0.15, -0.1) is 0 Å². The predicted octanol–water partition coefficient (Wildman–Crippen LogP) is 6.37. The van der Waals surface area contributed by atoms with E-state index >= 15 is 0 Å². The van der Waals surface area contributed by atoms with Crippen LogP contribution in [0.2, 0.25) is 0 Å². The van der Waals surface area contributed by atoms with Crippen LogP contribution in [0.15, 0.2) is 121 Å². The van der Waals surface area contributed by atoms with Crippen LogP contribution in [-0.2, 0) is 14.3 Å². The number of rotatable bonds is 8. The Kier molecular flexibility index (Phi) is 9.52. The van der Waals surface area contributed by atoms with Crippen LogP contribution < -0.4 is 21.2 Å². The lowest BCUT2D eigenvalue weighted by Crippen LogP contribution is -2.45. The van der Waals surface area contributed by atoms with Crippen molar-refractivity contribution in [2.75, 3.05) is 0 Å². The van der Waals surface area contributed by atoms with Crippen molar-refractivity contribution in [1.82, 2.24) is 5.32 Å². The molecule has 0 saturated heterocycles. The summed E-state index contributed by atoms with van der Waals surface area (Å²) in [7, 11) is 0. The first-order chi connectivity index (χ1) is 19.6. The average Bonchev–Trinajstić information content (AvgIpc) is 2.95. The van der Waals surface area contributed by atoms with Crippen molar-refractivity contribution in [3.8, 4) is 0 Å². The van der Waals surface area contributed by atoms with Gasteiger partial charge in [-0.3, -0.25) is 0 Å². The molecule has 6 heteroatoms. The summed E-state index contributed by atoms with van der Waals surface area (Å²) in [6, 6.07) is 38.9. The molecule has 0 spiro atoms. The Bertz CT molecular complexity index is 1390. The molecule has 0 radical (unpaired) electrons. The highest BCUT2D eigenvalue weighted by Gasteiger charge is 2.40. The number of nitrogens with one attached hydrogen (secondary N) is 1. The van der Waals surface area contributed by atoms with E-state index in [0.717, 1.165) is 21.5 Å². The third-order valence-electron chi connectivity index (χ3n) is 6.41. The Morgan fingerprint density at radius 2 is 1.05 bits per heavy atom. The van der Waals surface area contributed by atoms with Crippen LogP contribution >= 0.6 is 6.89 Å². The van der Waals surface area contributed by atoms with Crippen LogP contribution in [-0.4, -0.2) is 29.1 Å². The van der Waals surface area contributed by atoms with E-state index in [1.807, 2.05) is 120 Å². The van der Waals surface area contributed by atoms with Crippen molar-refractivity contribution < 1.29 is 19.1 Å². The van der Waals surface area contributed by atoms with Gasteiger partial charge in [-0.25, -0.2) is 9.59 Å². The van der Waals surface area contributed by atoms with Gasteiger partial charge in [-0.05, 0) is 63.0 Å². The molecule has 4 rings (SSSR count). The molecule has 1 amide bonds. The number of benzene rings is 4. The van der Waals surface area contributed by atoms with E-state index in [1.165, 1.54) is 0 Å². The molecule has 4 aromatic carbocycles. The maximum Gasteiger partial charge on any atom is 0.408 e. The van der Waals surface area contributed by atoms with E-state index in [0.29, 0.717) is 5.29 Å². The Morgan fingerprint density at radius 1 is 0.659 bits per heavy atom. The minimum absolute atomic E-state index is 0.375. The average molecular weight is 568 g/mol. The number of hydrogen-bond acceptors (Lipinski definition) is 4. The van der Waals surface area contributed by atoms with E-state index in [9.17, 15) is 9.59 Å². The molecule has 4 aromatic rings. The van der Waals surface area contributed by atoms with E-state index in [1.54, 1.807) is 0 Å². The Morgan fingerprint density at radius 3 is 1.41 bits per heavy atom. The summed E-state index contributed by atoms with van der Waals surface area (Å²) in [6.45, 7) is 6.19. The van der Waals surface area contributed by atoms with E-state index < -0.39 is 30.6 Å². The monoisotopic (exact) mass is 567 g/mol. The molecule has 0 aromatic heterocycles. The number of alkyl carbamates (subject to hydrolysis) is 1. The number of hydrogen-bond donors (Lipinski definition) is 1. The lowest BCUT2D eigenvalue weighted by atomic mass is 10.0. The van der Waals surface area contributed by atoms with E-state index in [4.69, 9.17) is 9.47 Å². The van der Waals surface area contributed by atoms with Gasteiger partial charge in [0.1, 0.15) is 5.60 Å². The lowest BCUT2D eigenvalue weighted by Gasteiger charge is -2.36. The van der Waals surface area contributed by atoms with Gasteiger partial charge < -0.3 is 14.8 Å². The second kappa shape index (κ2) is 13.1. The Hall–Kier alpha value is -4.08.